The normalized spacial score (nSPS) is 15.1. The fraction of sp³-hybridized carbons (Fsp3) is 0.296. The molecule has 1 aliphatic heterocycles. The Morgan fingerprint density at radius 2 is 1.67 bits per heavy atom. The molecule has 1 aliphatic rings. The third-order valence-corrected chi connectivity index (χ3v) is 9.75. The van der Waals surface area contributed by atoms with Crippen LogP contribution < -0.4 is 14.8 Å². The molecule has 0 bridgehead atoms. The van der Waals surface area contributed by atoms with Crippen molar-refractivity contribution in [2.24, 2.45) is 5.92 Å². The highest BCUT2D eigenvalue weighted by Gasteiger charge is 2.31. The molecule has 1 heterocycles. The van der Waals surface area contributed by atoms with E-state index in [9.17, 15) is 26.0 Å². The lowest BCUT2D eigenvalue weighted by atomic mass is 9.97. The topological polar surface area (TPSA) is 122 Å². The number of rotatable bonds is 9. The molecule has 0 radical (unpaired) electrons. The second kappa shape index (κ2) is 11.7. The van der Waals surface area contributed by atoms with Crippen LogP contribution in [-0.2, 0) is 30.6 Å². The molecule has 3 aromatic carbocycles. The smallest absolute Gasteiger partial charge is 0.262 e. The van der Waals surface area contributed by atoms with E-state index in [2.05, 4.69) is 10.0 Å². The summed E-state index contributed by atoms with van der Waals surface area (Å²) in [7, 11) is -6.17. The Morgan fingerprint density at radius 3 is 2.31 bits per heavy atom. The summed E-state index contributed by atoms with van der Waals surface area (Å²) in [4.78, 5) is 12.8. The minimum Gasteiger partial charge on any atom is -0.495 e. The monoisotopic (exact) mass is 575 g/mol. The SMILES string of the molecule is COc1ccc(C)cc1NS(=O)(=O)c1ccc(NC(=O)C2CCN(S(=O)(=O)Cc3ccccc3F)CC2)cc1. The van der Waals surface area contributed by atoms with Crippen molar-refractivity contribution in [1.29, 1.82) is 0 Å². The second-order valence-electron chi connectivity index (χ2n) is 9.34. The van der Waals surface area contributed by atoms with Gasteiger partial charge in [0.15, 0.2) is 0 Å². The summed E-state index contributed by atoms with van der Waals surface area (Å²) >= 11 is 0. The first-order valence-electron chi connectivity index (χ1n) is 12.3. The Bertz CT molecular complexity index is 1550. The first-order chi connectivity index (χ1) is 18.5. The Hall–Kier alpha value is -3.48. The van der Waals surface area contributed by atoms with Crippen LogP contribution in [0.15, 0.2) is 71.6 Å². The molecule has 2 N–H and O–H groups in total. The molecule has 0 spiro atoms. The standard InChI is InChI=1S/C27H30FN3O6S2/c1-19-7-12-26(37-2)25(17-19)30-39(35,36)23-10-8-22(9-11-23)29-27(32)20-13-15-31(16-14-20)38(33,34)18-21-5-3-4-6-24(21)28/h3-12,17,20,30H,13-16,18H2,1-2H3,(H,29,32). The third-order valence-electron chi connectivity index (χ3n) is 6.55. The van der Waals surface area contributed by atoms with E-state index in [4.69, 9.17) is 4.74 Å². The molecule has 0 aromatic heterocycles. The van der Waals surface area contributed by atoms with Crippen molar-refractivity contribution in [2.75, 3.05) is 30.2 Å². The van der Waals surface area contributed by atoms with E-state index in [1.54, 1.807) is 18.2 Å². The van der Waals surface area contributed by atoms with Crippen LogP contribution in [0.4, 0.5) is 15.8 Å². The predicted molar refractivity (Wildman–Crippen MR) is 147 cm³/mol. The molecule has 3 aromatic rings. The number of sulfonamides is 2. The average Bonchev–Trinajstić information content (AvgIpc) is 2.90. The van der Waals surface area contributed by atoms with Crippen molar-refractivity contribution in [3.05, 3.63) is 83.7 Å². The highest BCUT2D eigenvalue weighted by Crippen LogP contribution is 2.29. The van der Waals surface area contributed by atoms with Crippen LogP contribution in [0, 0.1) is 18.7 Å². The van der Waals surface area contributed by atoms with Gasteiger partial charge in [0.1, 0.15) is 11.6 Å². The summed E-state index contributed by atoms with van der Waals surface area (Å²) in [5.41, 5.74) is 1.70. The van der Waals surface area contributed by atoms with Crippen LogP contribution in [0.5, 0.6) is 5.75 Å². The Balaban J connectivity index is 1.34. The Labute approximate surface area is 228 Å². The van der Waals surface area contributed by atoms with Crippen LogP contribution in [-0.4, -0.2) is 47.2 Å². The molecule has 0 saturated carbocycles. The summed E-state index contributed by atoms with van der Waals surface area (Å²) in [5, 5.41) is 2.77. The van der Waals surface area contributed by atoms with Gasteiger partial charge in [-0.05, 0) is 67.8 Å². The molecule has 39 heavy (non-hydrogen) atoms. The summed E-state index contributed by atoms with van der Waals surface area (Å²) in [6.07, 6.45) is 0.633. The maximum atomic E-state index is 13.9. The van der Waals surface area contributed by atoms with Crippen LogP contribution in [0.2, 0.25) is 0 Å². The number of aryl methyl sites for hydroxylation is 1. The van der Waals surface area contributed by atoms with Gasteiger partial charge in [0.05, 0.1) is 23.4 Å². The molecule has 0 unspecified atom stereocenters. The summed E-state index contributed by atoms with van der Waals surface area (Å²) in [6.45, 7) is 2.14. The summed E-state index contributed by atoms with van der Waals surface area (Å²) in [6, 6.07) is 16.7. The Kier molecular flexibility index (Phi) is 8.57. The zero-order chi connectivity index (χ0) is 28.2. The van der Waals surface area contributed by atoms with Gasteiger partial charge < -0.3 is 10.1 Å². The average molecular weight is 576 g/mol. The van der Waals surface area contributed by atoms with E-state index in [1.807, 2.05) is 13.0 Å². The third kappa shape index (κ3) is 6.94. The molecule has 12 heteroatoms. The molecule has 1 saturated heterocycles. The maximum Gasteiger partial charge on any atom is 0.262 e. The van der Waals surface area contributed by atoms with Crippen LogP contribution >= 0.6 is 0 Å². The van der Waals surface area contributed by atoms with Crippen LogP contribution in [0.3, 0.4) is 0 Å². The van der Waals surface area contributed by atoms with Gasteiger partial charge in [-0.15, -0.1) is 0 Å². The number of hydrogen-bond donors (Lipinski definition) is 2. The fourth-order valence-electron chi connectivity index (χ4n) is 4.37. The lowest BCUT2D eigenvalue weighted by Gasteiger charge is -2.30. The first kappa shape index (κ1) is 28.5. The van der Waals surface area contributed by atoms with Crippen molar-refractivity contribution in [3.63, 3.8) is 0 Å². The van der Waals surface area contributed by atoms with E-state index in [1.165, 1.54) is 53.9 Å². The molecular formula is C27H30FN3O6S2. The molecule has 9 nitrogen and oxygen atoms in total. The van der Waals surface area contributed by atoms with Crippen molar-refractivity contribution >= 4 is 37.3 Å². The van der Waals surface area contributed by atoms with E-state index in [-0.39, 0.29) is 29.5 Å². The predicted octanol–water partition coefficient (Wildman–Crippen LogP) is 4.12. The quantitative estimate of drug-likeness (QED) is 0.396. The van der Waals surface area contributed by atoms with Crippen LogP contribution in [0.1, 0.15) is 24.0 Å². The van der Waals surface area contributed by atoms with Gasteiger partial charge in [-0.2, -0.15) is 0 Å². The van der Waals surface area contributed by atoms with E-state index >= 15 is 0 Å². The maximum absolute atomic E-state index is 13.9. The summed E-state index contributed by atoms with van der Waals surface area (Å²) in [5.74, 6) is -1.31. The lowest BCUT2D eigenvalue weighted by Crippen LogP contribution is -2.42. The van der Waals surface area contributed by atoms with Crippen molar-refractivity contribution in [2.45, 2.75) is 30.4 Å². The zero-order valence-corrected chi connectivity index (χ0v) is 23.2. The largest absolute Gasteiger partial charge is 0.495 e. The number of amides is 1. The van der Waals surface area contributed by atoms with Crippen molar-refractivity contribution in [3.8, 4) is 5.75 Å². The molecule has 1 fully saturated rings. The number of carbonyl (C=O) groups excluding carboxylic acids is 1. The fourth-order valence-corrected chi connectivity index (χ4v) is 7.00. The number of benzene rings is 3. The van der Waals surface area contributed by atoms with Gasteiger partial charge in [-0.25, -0.2) is 25.5 Å². The number of carbonyl (C=O) groups is 1. The molecule has 1 amide bonds. The van der Waals surface area contributed by atoms with Gasteiger partial charge in [0.25, 0.3) is 10.0 Å². The van der Waals surface area contributed by atoms with Gasteiger partial charge in [-0.3, -0.25) is 9.52 Å². The van der Waals surface area contributed by atoms with Gasteiger partial charge in [0.2, 0.25) is 15.9 Å². The number of methoxy groups -OCH3 is 1. The number of nitrogens with one attached hydrogen (secondary N) is 2. The molecule has 0 aliphatic carbocycles. The van der Waals surface area contributed by atoms with Crippen molar-refractivity contribution in [1.82, 2.24) is 4.31 Å². The highest BCUT2D eigenvalue weighted by atomic mass is 32.2. The number of nitrogens with zero attached hydrogens (tertiary/aromatic N) is 1. The van der Waals surface area contributed by atoms with Crippen LogP contribution in [0.25, 0.3) is 0 Å². The number of piperidine rings is 1. The minimum atomic E-state index is -3.90. The number of hydrogen-bond acceptors (Lipinski definition) is 6. The van der Waals surface area contributed by atoms with Crippen molar-refractivity contribution < 1.29 is 30.8 Å². The highest BCUT2D eigenvalue weighted by molar-refractivity contribution is 7.92. The Morgan fingerprint density at radius 1 is 1.00 bits per heavy atom. The second-order valence-corrected chi connectivity index (χ2v) is 13.0. The molecule has 0 atom stereocenters. The minimum absolute atomic E-state index is 0.0115. The number of ether oxygens (including phenoxy) is 1. The number of halogens is 1. The van der Waals surface area contributed by atoms with Gasteiger partial charge in [0, 0.05) is 30.3 Å². The molecule has 208 valence electrons. The number of anilines is 2. The van der Waals surface area contributed by atoms with E-state index < -0.39 is 37.5 Å². The zero-order valence-electron chi connectivity index (χ0n) is 21.6. The van der Waals surface area contributed by atoms with E-state index in [0.29, 0.717) is 30.0 Å². The molecular weight excluding hydrogens is 545 g/mol. The van der Waals surface area contributed by atoms with Gasteiger partial charge >= 0.3 is 0 Å². The molecule has 4 rings (SSSR count). The van der Waals surface area contributed by atoms with E-state index in [0.717, 1.165) is 5.56 Å². The first-order valence-corrected chi connectivity index (χ1v) is 15.4. The lowest BCUT2D eigenvalue weighted by molar-refractivity contribution is -0.120. The van der Waals surface area contributed by atoms with Gasteiger partial charge in [-0.1, -0.05) is 24.3 Å². The summed E-state index contributed by atoms with van der Waals surface area (Å²) < 4.78 is 74.2.